The minimum Gasteiger partial charge on any atom is -0.357 e. The molecule has 0 fully saturated rings. The largest absolute Gasteiger partial charge is 0.357 e. The van der Waals surface area contributed by atoms with Gasteiger partial charge in [0.05, 0.1) is 12.2 Å². The number of nitrogens with zero attached hydrogens (tertiary/aromatic N) is 3. The molecule has 0 aliphatic rings. The molecule has 1 aromatic heterocycles. The van der Waals surface area contributed by atoms with Crippen molar-refractivity contribution in [2.24, 2.45) is 12.0 Å². The van der Waals surface area contributed by atoms with Gasteiger partial charge in [0, 0.05) is 26.3 Å². The predicted molar refractivity (Wildman–Crippen MR) is 111 cm³/mol. The summed E-state index contributed by atoms with van der Waals surface area (Å²) in [5.41, 5.74) is 2.71. The van der Waals surface area contributed by atoms with Crippen LogP contribution in [0.4, 0.5) is 4.39 Å². The molecule has 138 valence electrons. The van der Waals surface area contributed by atoms with Crippen molar-refractivity contribution in [3.63, 3.8) is 0 Å². The summed E-state index contributed by atoms with van der Waals surface area (Å²) >= 11 is 0. The van der Waals surface area contributed by atoms with Gasteiger partial charge in [0.25, 0.3) is 0 Å². The fourth-order valence-electron chi connectivity index (χ4n) is 2.38. The molecule has 2 aromatic rings. The Kier molecular flexibility index (Phi) is 8.88. The van der Waals surface area contributed by atoms with E-state index >= 15 is 0 Å². The Balaban J connectivity index is 0.00000312. The van der Waals surface area contributed by atoms with E-state index in [-0.39, 0.29) is 35.8 Å². The molecule has 0 saturated carbocycles. The van der Waals surface area contributed by atoms with Crippen LogP contribution < -0.4 is 10.6 Å². The van der Waals surface area contributed by atoms with Crippen LogP contribution in [-0.4, -0.2) is 28.8 Å². The number of halogens is 2. The summed E-state index contributed by atoms with van der Waals surface area (Å²) in [4.78, 5) is 4.59. The molecular formula is C18H27FIN5. The van der Waals surface area contributed by atoms with Crippen molar-refractivity contribution in [3.8, 4) is 0 Å². The number of benzene rings is 1. The Hall–Kier alpha value is -1.64. The first-order chi connectivity index (χ1) is 11.5. The summed E-state index contributed by atoms with van der Waals surface area (Å²) in [5.74, 6) is 0.551. The molecule has 0 amide bonds. The maximum atomic E-state index is 13.7. The Labute approximate surface area is 166 Å². The Bertz CT molecular complexity index is 699. The number of nitrogens with one attached hydrogen (secondary N) is 2. The number of aromatic nitrogens is 2. The van der Waals surface area contributed by atoms with Gasteiger partial charge in [-0.25, -0.2) is 4.39 Å². The smallest absolute Gasteiger partial charge is 0.191 e. The van der Waals surface area contributed by atoms with Gasteiger partial charge >= 0.3 is 0 Å². The quantitative estimate of drug-likeness (QED) is 0.396. The maximum Gasteiger partial charge on any atom is 0.191 e. The van der Waals surface area contributed by atoms with Gasteiger partial charge in [-0.3, -0.25) is 9.67 Å². The van der Waals surface area contributed by atoms with Crippen LogP contribution in [-0.2, 0) is 13.5 Å². The summed E-state index contributed by atoms with van der Waals surface area (Å²) in [6, 6.07) is 5.29. The van der Waals surface area contributed by atoms with Gasteiger partial charge in [0.2, 0.25) is 0 Å². The molecule has 0 radical (unpaired) electrons. The Morgan fingerprint density at radius 2 is 2.16 bits per heavy atom. The monoisotopic (exact) mass is 459 g/mol. The topological polar surface area (TPSA) is 54.2 Å². The minimum atomic E-state index is -0.181. The highest BCUT2D eigenvalue weighted by atomic mass is 127. The lowest BCUT2D eigenvalue weighted by molar-refractivity contribution is 0.607. The summed E-state index contributed by atoms with van der Waals surface area (Å²) in [6.07, 6.45) is 4.68. The van der Waals surface area contributed by atoms with Crippen molar-refractivity contribution in [2.75, 3.05) is 13.1 Å². The molecule has 25 heavy (non-hydrogen) atoms. The average Bonchev–Trinajstić information content (AvgIpc) is 2.95. The predicted octanol–water partition coefficient (Wildman–Crippen LogP) is 3.34. The molecular weight excluding hydrogens is 432 g/mol. The van der Waals surface area contributed by atoms with Gasteiger partial charge in [-0.15, -0.1) is 24.0 Å². The van der Waals surface area contributed by atoms with Crippen molar-refractivity contribution in [1.82, 2.24) is 20.4 Å². The highest BCUT2D eigenvalue weighted by Gasteiger charge is 2.09. The second-order valence-corrected chi connectivity index (χ2v) is 5.91. The van der Waals surface area contributed by atoms with E-state index < -0.39 is 0 Å². The SMILES string of the molecule is CCNC(=NCCc1cnn(C)c1)NC(C)c1ccc(C)c(F)c1.I. The van der Waals surface area contributed by atoms with Crippen LogP contribution in [0.3, 0.4) is 0 Å². The standard InChI is InChI=1S/C18H26FN5.HI/c1-5-20-18(21-9-8-15-11-22-24(4)12-15)23-14(3)16-7-6-13(2)17(19)10-16;/h6-7,10-12,14H,5,8-9H2,1-4H3,(H2,20,21,23);1H. The average molecular weight is 459 g/mol. The zero-order valence-corrected chi connectivity index (χ0v) is 17.5. The molecule has 0 spiro atoms. The summed E-state index contributed by atoms with van der Waals surface area (Å²) < 4.78 is 15.5. The van der Waals surface area contributed by atoms with Gasteiger partial charge in [-0.2, -0.15) is 5.10 Å². The van der Waals surface area contributed by atoms with E-state index in [1.807, 2.05) is 39.4 Å². The van der Waals surface area contributed by atoms with Crippen molar-refractivity contribution in [1.29, 1.82) is 0 Å². The molecule has 2 N–H and O–H groups in total. The first-order valence-electron chi connectivity index (χ1n) is 8.28. The van der Waals surface area contributed by atoms with Crippen molar-refractivity contribution >= 4 is 29.9 Å². The van der Waals surface area contributed by atoms with Crippen molar-refractivity contribution < 1.29 is 4.39 Å². The number of hydrogen-bond donors (Lipinski definition) is 2. The van der Waals surface area contributed by atoms with Crippen LogP contribution in [0.15, 0.2) is 35.6 Å². The number of aliphatic imine (C=N–C) groups is 1. The lowest BCUT2D eigenvalue weighted by atomic mass is 10.1. The van der Waals surface area contributed by atoms with E-state index in [2.05, 4.69) is 20.7 Å². The van der Waals surface area contributed by atoms with E-state index in [4.69, 9.17) is 0 Å². The van der Waals surface area contributed by atoms with E-state index in [0.717, 1.165) is 30.1 Å². The van der Waals surface area contributed by atoms with E-state index in [0.29, 0.717) is 12.1 Å². The fourth-order valence-corrected chi connectivity index (χ4v) is 2.38. The van der Waals surface area contributed by atoms with Gasteiger partial charge in [0.1, 0.15) is 5.82 Å². The molecule has 0 aliphatic carbocycles. The molecule has 1 atom stereocenters. The normalized spacial score (nSPS) is 12.4. The summed E-state index contributed by atoms with van der Waals surface area (Å²) in [5, 5.41) is 10.7. The van der Waals surface area contributed by atoms with E-state index in [1.165, 1.54) is 0 Å². The molecule has 7 heteroatoms. The molecule has 1 heterocycles. The van der Waals surface area contributed by atoms with E-state index in [9.17, 15) is 4.39 Å². The number of aryl methyl sites for hydroxylation is 2. The van der Waals surface area contributed by atoms with Crippen LogP contribution in [0.2, 0.25) is 0 Å². The third-order valence-corrected chi connectivity index (χ3v) is 3.82. The molecule has 0 aliphatic heterocycles. The highest BCUT2D eigenvalue weighted by molar-refractivity contribution is 14.0. The second-order valence-electron chi connectivity index (χ2n) is 5.91. The van der Waals surface area contributed by atoms with Gasteiger partial charge < -0.3 is 10.6 Å². The van der Waals surface area contributed by atoms with Crippen LogP contribution in [0.1, 0.15) is 36.6 Å². The third-order valence-electron chi connectivity index (χ3n) is 3.82. The van der Waals surface area contributed by atoms with Gasteiger partial charge in [0.15, 0.2) is 5.96 Å². The van der Waals surface area contributed by atoms with Crippen molar-refractivity contribution in [3.05, 3.63) is 53.1 Å². The first-order valence-corrected chi connectivity index (χ1v) is 8.28. The fraction of sp³-hybridized carbons (Fsp3) is 0.444. The highest BCUT2D eigenvalue weighted by Crippen LogP contribution is 2.16. The Morgan fingerprint density at radius 3 is 2.76 bits per heavy atom. The van der Waals surface area contributed by atoms with Gasteiger partial charge in [-0.1, -0.05) is 12.1 Å². The third kappa shape index (κ3) is 6.64. The molecule has 1 unspecified atom stereocenters. The molecule has 1 aromatic carbocycles. The van der Waals surface area contributed by atoms with Crippen LogP contribution in [0.25, 0.3) is 0 Å². The minimum absolute atomic E-state index is 0. The second kappa shape index (κ2) is 10.4. The summed E-state index contributed by atoms with van der Waals surface area (Å²) in [7, 11) is 1.90. The zero-order valence-electron chi connectivity index (χ0n) is 15.2. The molecule has 5 nitrogen and oxygen atoms in total. The molecule has 2 rings (SSSR count). The first kappa shape index (κ1) is 21.4. The molecule has 0 saturated heterocycles. The molecule has 0 bridgehead atoms. The number of rotatable bonds is 6. The summed E-state index contributed by atoms with van der Waals surface area (Å²) in [6.45, 7) is 7.22. The number of guanidine groups is 1. The maximum absolute atomic E-state index is 13.7. The van der Waals surface area contributed by atoms with Crippen LogP contribution in [0.5, 0.6) is 0 Å². The van der Waals surface area contributed by atoms with Crippen LogP contribution in [0, 0.1) is 12.7 Å². The lowest BCUT2D eigenvalue weighted by Gasteiger charge is -2.18. The van der Waals surface area contributed by atoms with Crippen LogP contribution >= 0.6 is 24.0 Å². The Morgan fingerprint density at radius 1 is 1.40 bits per heavy atom. The lowest BCUT2D eigenvalue weighted by Crippen LogP contribution is -2.38. The zero-order chi connectivity index (χ0) is 17.5. The number of hydrogen-bond acceptors (Lipinski definition) is 2. The van der Waals surface area contributed by atoms with E-state index in [1.54, 1.807) is 23.7 Å². The van der Waals surface area contributed by atoms with Gasteiger partial charge in [-0.05, 0) is 49.9 Å². The van der Waals surface area contributed by atoms with Crippen molar-refractivity contribution in [2.45, 2.75) is 33.2 Å².